The Bertz CT molecular complexity index is 677. The van der Waals surface area contributed by atoms with Crippen molar-refractivity contribution in [1.29, 1.82) is 0 Å². The van der Waals surface area contributed by atoms with Crippen LogP contribution in [0.5, 0.6) is 0 Å². The summed E-state index contributed by atoms with van der Waals surface area (Å²) in [6.45, 7) is 3.54. The van der Waals surface area contributed by atoms with Crippen molar-refractivity contribution in [2.45, 2.75) is 36.7 Å². The molecule has 0 spiro atoms. The van der Waals surface area contributed by atoms with E-state index in [1.165, 1.54) is 0 Å². The molecule has 0 aromatic heterocycles. The molecule has 2 unspecified atom stereocenters. The van der Waals surface area contributed by atoms with E-state index in [0.29, 0.717) is 12.2 Å². The Morgan fingerprint density at radius 1 is 1.38 bits per heavy atom. The monoisotopic (exact) mass is 421 g/mol. The van der Waals surface area contributed by atoms with Crippen molar-refractivity contribution >= 4 is 40.1 Å². The van der Waals surface area contributed by atoms with Crippen LogP contribution in [0.25, 0.3) is 0 Å². The van der Waals surface area contributed by atoms with Gasteiger partial charge in [-0.15, -0.1) is 12.4 Å². The third-order valence-corrected chi connectivity index (χ3v) is 6.60. The summed E-state index contributed by atoms with van der Waals surface area (Å²) in [6.07, 6.45) is 3.30. The van der Waals surface area contributed by atoms with Crippen LogP contribution in [-0.4, -0.2) is 63.5 Å². The molecule has 2 atom stereocenters. The lowest BCUT2D eigenvalue weighted by atomic mass is 10.1. The molecule has 9 heteroatoms. The Balaban J connectivity index is 0.00000338. The van der Waals surface area contributed by atoms with Crippen LogP contribution >= 0.6 is 24.2 Å². The molecule has 2 N–H and O–H groups in total. The van der Waals surface area contributed by atoms with E-state index in [1.807, 2.05) is 13.2 Å². The first-order valence-corrected chi connectivity index (χ1v) is 11.3. The number of carbonyl (C=O) groups is 1. The maximum absolute atomic E-state index is 12.9. The lowest BCUT2D eigenvalue weighted by molar-refractivity contribution is -0.133. The van der Waals surface area contributed by atoms with E-state index in [0.717, 1.165) is 25.1 Å². The van der Waals surface area contributed by atoms with Crippen molar-refractivity contribution in [2.24, 2.45) is 0 Å². The second-order valence-electron chi connectivity index (χ2n) is 6.36. The molecule has 1 aliphatic heterocycles. The van der Waals surface area contributed by atoms with Crippen LogP contribution in [0, 0.1) is 6.92 Å². The fourth-order valence-electron chi connectivity index (χ4n) is 2.84. The summed E-state index contributed by atoms with van der Waals surface area (Å²) < 4.78 is 27.9. The molecule has 2 rings (SSSR count). The third-order valence-electron chi connectivity index (χ3n) is 4.47. The molecule has 6 nitrogen and oxygen atoms in total. The maximum atomic E-state index is 12.9. The molecule has 26 heavy (non-hydrogen) atoms. The molecule has 0 aliphatic carbocycles. The minimum absolute atomic E-state index is 0. The number of halogens is 1. The van der Waals surface area contributed by atoms with Crippen molar-refractivity contribution < 1.29 is 13.2 Å². The number of rotatable bonds is 8. The van der Waals surface area contributed by atoms with Gasteiger partial charge >= 0.3 is 0 Å². The van der Waals surface area contributed by atoms with Crippen LogP contribution in [0.3, 0.4) is 0 Å². The van der Waals surface area contributed by atoms with Gasteiger partial charge in [-0.05, 0) is 50.5 Å². The molecule has 1 amide bonds. The number of hydrogen-bond donors (Lipinski definition) is 2. The van der Waals surface area contributed by atoms with Gasteiger partial charge in [0.2, 0.25) is 15.9 Å². The van der Waals surface area contributed by atoms with Gasteiger partial charge in [0.1, 0.15) is 6.04 Å². The Morgan fingerprint density at radius 2 is 2.04 bits per heavy atom. The number of nitrogens with zero attached hydrogens (tertiary/aromatic N) is 1. The van der Waals surface area contributed by atoms with Gasteiger partial charge in [-0.25, -0.2) is 8.42 Å². The number of likely N-dealkylation sites (N-methyl/N-ethyl adjacent to an activating group) is 1. The molecule has 1 fully saturated rings. The highest BCUT2D eigenvalue weighted by molar-refractivity contribution is 7.98. The van der Waals surface area contributed by atoms with Crippen molar-refractivity contribution in [3.8, 4) is 0 Å². The molecule has 0 bridgehead atoms. The lowest BCUT2D eigenvalue weighted by Gasteiger charge is -2.28. The lowest BCUT2D eigenvalue weighted by Crippen LogP contribution is -2.51. The Labute approximate surface area is 166 Å². The molecule has 1 aliphatic rings. The Kier molecular flexibility index (Phi) is 9.40. The van der Waals surface area contributed by atoms with Crippen LogP contribution in [0.2, 0.25) is 0 Å². The van der Waals surface area contributed by atoms with Gasteiger partial charge in [-0.1, -0.05) is 17.7 Å². The zero-order valence-electron chi connectivity index (χ0n) is 15.4. The summed E-state index contributed by atoms with van der Waals surface area (Å²) in [4.78, 5) is 14.7. The molecular formula is C17H28ClN3O3S2. The van der Waals surface area contributed by atoms with Gasteiger partial charge in [0.25, 0.3) is 0 Å². The van der Waals surface area contributed by atoms with Crippen LogP contribution < -0.4 is 10.0 Å². The van der Waals surface area contributed by atoms with Gasteiger partial charge < -0.3 is 10.2 Å². The van der Waals surface area contributed by atoms with E-state index in [-0.39, 0.29) is 29.3 Å². The molecule has 1 aromatic carbocycles. The highest BCUT2D eigenvalue weighted by atomic mass is 35.5. The standard InChI is InChI=1S/C17H27N3O3S2.ClH/c1-13-4-6-15(7-5-13)25(22,23)19-16(9-11-24-3)17(21)20(2)14-8-10-18-12-14;/h4-7,14,16,18-19H,8-12H2,1-3H3;1H. The van der Waals surface area contributed by atoms with Gasteiger partial charge in [0.05, 0.1) is 4.90 Å². The van der Waals surface area contributed by atoms with Crippen molar-refractivity contribution in [3.63, 3.8) is 0 Å². The summed E-state index contributed by atoms with van der Waals surface area (Å²) in [7, 11) is -1.97. The smallest absolute Gasteiger partial charge is 0.241 e. The van der Waals surface area contributed by atoms with Gasteiger partial charge in [0, 0.05) is 19.6 Å². The van der Waals surface area contributed by atoms with Gasteiger partial charge in [-0.2, -0.15) is 16.5 Å². The summed E-state index contributed by atoms with van der Waals surface area (Å²) in [5.41, 5.74) is 0.988. The highest BCUT2D eigenvalue weighted by Crippen LogP contribution is 2.15. The van der Waals surface area contributed by atoms with Crippen LogP contribution in [0.15, 0.2) is 29.2 Å². The number of benzene rings is 1. The average molecular weight is 422 g/mol. The number of amides is 1. The minimum Gasteiger partial charge on any atom is -0.340 e. The first-order valence-electron chi connectivity index (χ1n) is 8.40. The van der Waals surface area contributed by atoms with Crippen molar-refractivity contribution in [3.05, 3.63) is 29.8 Å². The third kappa shape index (κ3) is 6.13. The molecule has 0 saturated carbocycles. The number of carbonyl (C=O) groups excluding carboxylic acids is 1. The normalized spacial score (nSPS) is 18.2. The number of sulfonamides is 1. The number of thioether (sulfide) groups is 1. The minimum atomic E-state index is -3.73. The van der Waals surface area contributed by atoms with E-state index in [4.69, 9.17) is 0 Å². The summed E-state index contributed by atoms with van der Waals surface area (Å²) in [6, 6.07) is 6.02. The summed E-state index contributed by atoms with van der Waals surface area (Å²) >= 11 is 1.60. The molecule has 148 valence electrons. The summed E-state index contributed by atoms with van der Waals surface area (Å²) in [5.74, 6) is 0.544. The van der Waals surface area contributed by atoms with E-state index < -0.39 is 16.1 Å². The second kappa shape index (κ2) is 10.5. The van der Waals surface area contributed by atoms with E-state index in [9.17, 15) is 13.2 Å². The van der Waals surface area contributed by atoms with Crippen molar-refractivity contribution in [1.82, 2.24) is 14.9 Å². The van der Waals surface area contributed by atoms with Gasteiger partial charge in [0.15, 0.2) is 0 Å². The Hall–Kier alpha value is -0.800. The first kappa shape index (κ1) is 23.2. The fourth-order valence-corrected chi connectivity index (χ4v) is 4.53. The van der Waals surface area contributed by atoms with Gasteiger partial charge in [-0.3, -0.25) is 4.79 Å². The Morgan fingerprint density at radius 3 is 2.58 bits per heavy atom. The molecule has 1 saturated heterocycles. The maximum Gasteiger partial charge on any atom is 0.241 e. The van der Waals surface area contributed by atoms with Crippen LogP contribution in [0.1, 0.15) is 18.4 Å². The zero-order valence-corrected chi connectivity index (χ0v) is 17.8. The molecule has 0 radical (unpaired) electrons. The van der Waals surface area contributed by atoms with E-state index in [1.54, 1.807) is 48.0 Å². The zero-order chi connectivity index (χ0) is 18.4. The average Bonchev–Trinajstić information content (AvgIpc) is 3.12. The van der Waals surface area contributed by atoms with E-state index in [2.05, 4.69) is 10.0 Å². The molecule has 1 aromatic rings. The summed E-state index contributed by atoms with van der Waals surface area (Å²) in [5, 5.41) is 3.23. The quantitative estimate of drug-likeness (QED) is 0.667. The molecule has 1 heterocycles. The highest BCUT2D eigenvalue weighted by Gasteiger charge is 2.31. The number of nitrogens with one attached hydrogen (secondary N) is 2. The topological polar surface area (TPSA) is 78.5 Å². The SMILES string of the molecule is CSCCC(NS(=O)(=O)c1ccc(C)cc1)C(=O)N(C)C1CCNC1.Cl. The van der Waals surface area contributed by atoms with Crippen LogP contribution in [0.4, 0.5) is 0 Å². The van der Waals surface area contributed by atoms with E-state index >= 15 is 0 Å². The first-order chi connectivity index (χ1) is 11.8. The largest absolute Gasteiger partial charge is 0.340 e. The number of aryl methyl sites for hydroxylation is 1. The van der Waals surface area contributed by atoms with Crippen LogP contribution in [-0.2, 0) is 14.8 Å². The molecular weight excluding hydrogens is 394 g/mol. The van der Waals surface area contributed by atoms with Crippen molar-refractivity contribution in [2.75, 3.05) is 32.1 Å². The number of hydrogen-bond acceptors (Lipinski definition) is 5. The predicted octanol–water partition coefficient (Wildman–Crippen LogP) is 1.64. The second-order valence-corrected chi connectivity index (χ2v) is 9.06. The fraction of sp³-hybridized carbons (Fsp3) is 0.588. The predicted molar refractivity (Wildman–Crippen MR) is 110 cm³/mol.